The van der Waals surface area contributed by atoms with Crippen molar-refractivity contribution in [2.75, 3.05) is 19.1 Å². The van der Waals surface area contributed by atoms with Crippen LogP contribution in [0.15, 0.2) is 59.7 Å². The van der Waals surface area contributed by atoms with Crippen molar-refractivity contribution in [2.45, 2.75) is 13.3 Å². The molecule has 23 heavy (non-hydrogen) atoms. The second-order valence-corrected chi connectivity index (χ2v) is 4.75. The van der Waals surface area contributed by atoms with Crippen molar-refractivity contribution in [1.29, 1.82) is 0 Å². The smallest absolute Gasteiger partial charge is 0.354 e. The third kappa shape index (κ3) is 4.85. The Hall–Kier alpha value is -2.82. The number of methoxy groups -OCH3 is 1. The molecule has 5 heteroatoms. The van der Waals surface area contributed by atoms with Crippen LogP contribution in [0.4, 0.5) is 5.69 Å². The molecule has 2 rings (SSSR count). The monoisotopic (exact) mass is 312 g/mol. The molecule has 1 N–H and O–H groups in total. The number of esters is 1. The largest absolute Gasteiger partial charge is 0.495 e. The predicted molar refractivity (Wildman–Crippen MR) is 90.8 cm³/mol. The van der Waals surface area contributed by atoms with Gasteiger partial charge in [-0.2, -0.15) is 5.10 Å². The number of ether oxygens (including phenoxy) is 2. The minimum Gasteiger partial charge on any atom is -0.495 e. The molecule has 0 saturated carbocycles. The lowest BCUT2D eigenvalue weighted by Crippen LogP contribution is -2.21. The number of carbonyl (C=O) groups is 1. The first-order valence-electron chi connectivity index (χ1n) is 7.41. The second kappa shape index (κ2) is 8.58. The van der Waals surface area contributed by atoms with E-state index in [1.807, 2.05) is 54.6 Å². The van der Waals surface area contributed by atoms with Crippen molar-refractivity contribution in [1.82, 2.24) is 0 Å². The topological polar surface area (TPSA) is 59.9 Å². The summed E-state index contributed by atoms with van der Waals surface area (Å²) in [7, 11) is 1.58. The fraction of sp³-hybridized carbons (Fsp3) is 0.222. The number of hydrogen-bond donors (Lipinski definition) is 1. The van der Waals surface area contributed by atoms with E-state index in [0.717, 1.165) is 5.56 Å². The quantitative estimate of drug-likeness (QED) is 0.484. The molecule has 2 aromatic carbocycles. The molecule has 0 spiro atoms. The Morgan fingerprint density at radius 2 is 1.78 bits per heavy atom. The van der Waals surface area contributed by atoms with Crippen LogP contribution in [-0.4, -0.2) is 25.4 Å². The molecule has 0 radical (unpaired) electrons. The summed E-state index contributed by atoms with van der Waals surface area (Å²) in [4.78, 5) is 12.1. The first-order valence-corrected chi connectivity index (χ1v) is 7.41. The van der Waals surface area contributed by atoms with Crippen LogP contribution < -0.4 is 10.2 Å². The Bertz CT molecular complexity index is 669. The molecule has 0 unspecified atom stereocenters. The first-order chi connectivity index (χ1) is 11.2. The minimum absolute atomic E-state index is 0.307. The van der Waals surface area contributed by atoms with Gasteiger partial charge < -0.3 is 9.47 Å². The van der Waals surface area contributed by atoms with E-state index >= 15 is 0 Å². The highest BCUT2D eigenvalue weighted by Gasteiger charge is 2.14. The lowest BCUT2D eigenvalue weighted by molar-refractivity contribution is -0.135. The highest BCUT2D eigenvalue weighted by atomic mass is 16.5. The van der Waals surface area contributed by atoms with Crippen LogP contribution in [0.25, 0.3) is 0 Å². The Morgan fingerprint density at radius 3 is 2.48 bits per heavy atom. The van der Waals surface area contributed by atoms with E-state index in [1.54, 1.807) is 14.0 Å². The molecule has 0 fully saturated rings. The summed E-state index contributed by atoms with van der Waals surface area (Å²) in [6, 6.07) is 17.0. The molecule has 0 aliphatic carbocycles. The molecule has 5 nitrogen and oxygen atoms in total. The normalized spacial score (nSPS) is 11.0. The number of anilines is 1. The highest BCUT2D eigenvalue weighted by Crippen LogP contribution is 2.23. The van der Waals surface area contributed by atoms with Crippen molar-refractivity contribution in [3.05, 3.63) is 60.2 Å². The van der Waals surface area contributed by atoms with Crippen LogP contribution in [0.3, 0.4) is 0 Å². The van der Waals surface area contributed by atoms with Crippen molar-refractivity contribution < 1.29 is 14.3 Å². The van der Waals surface area contributed by atoms with Crippen molar-refractivity contribution in [2.24, 2.45) is 5.10 Å². The zero-order chi connectivity index (χ0) is 16.5. The van der Waals surface area contributed by atoms with Crippen LogP contribution in [-0.2, 0) is 16.0 Å². The number of benzene rings is 2. The zero-order valence-corrected chi connectivity index (χ0v) is 13.3. The molecule has 0 atom stereocenters. The molecule has 2 aromatic rings. The standard InChI is InChI=1S/C18H20N2O3/c1-3-23-18(21)16(13-14-9-5-4-6-10-14)20-19-15-11-7-8-12-17(15)22-2/h4-12,19H,3,13H2,1-2H3/b20-16+. The fourth-order valence-corrected chi connectivity index (χ4v) is 2.03. The van der Waals surface area contributed by atoms with E-state index in [1.165, 1.54) is 0 Å². The maximum absolute atomic E-state index is 12.1. The molecule has 0 amide bonds. The number of hydrogen-bond acceptors (Lipinski definition) is 5. The van der Waals surface area contributed by atoms with Crippen LogP contribution in [0, 0.1) is 0 Å². The van der Waals surface area contributed by atoms with E-state index in [-0.39, 0.29) is 0 Å². The summed E-state index contributed by atoms with van der Waals surface area (Å²) < 4.78 is 10.3. The van der Waals surface area contributed by atoms with Gasteiger partial charge >= 0.3 is 5.97 Å². The molecular weight excluding hydrogens is 292 g/mol. The van der Waals surface area contributed by atoms with Crippen LogP contribution in [0.5, 0.6) is 5.75 Å². The average Bonchev–Trinajstić information content (AvgIpc) is 2.60. The fourth-order valence-electron chi connectivity index (χ4n) is 2.03. The number of hydrazone groups is 1. The van der Waals surface area contributed by atoms with Gasteiger partial charge in [0.05, 0.1) is 19.4 Å². The number of para-hydroxylation sites is 2. The molecule has 0 aromatic heterocycles. The van der Waals surface area contributed by atoms with Gasteiger partial charge in [0.2, 0.25) is 0 Å². The van der Waals surface area contributed by atoms with Gasteiger partial charge in [0.25, 0.3) is 0 Å². The lowest BCUT2D eigenvalue weighted by Gasteiger charge is -2.10. The highest BCUT2D eigenvalue weighted by molar-refractivity contribution is 6.37. The lowest BCUT2D eigenvalue weighted by atomic mass is 10.1. The summed E-state index contributed by atoms with van der Waals surface area (Å²) in [5.74, 6) is 0.220. The Balaban J connectivity index is 2.20. The van der Waals surface area contributed by atoms with Gasteiger partial charge in [-0.3, -0.25) is 5.43 Å². The SMILES string of the molecule is CCOC(=O)/C(Cc1ccccc1)=N/Nc1ccccc1OC. The summed E-state index contributed by atoms with van der Waals surface area (Å²) in [6.07, 6.45) is 0.391. The average molecular weight is 312 g/mol. The van der Waals surface area contributed by atoms with E-state index in [2.05, 4.69) is 10.5 Å². The van der Waals surface area contributed by atoms with Gasteiger partial charge in [0.15, 0.2) is 0 Å². The van der Waals surface area contributed by atoms with Crippen LogP contribution in [0.1, 0.15) is 12.5 Å². The Morgan fingerprint density at radius 1 is 1.09 bits per heavy atom. The van der Waals surface area contributed by atoms with Gasteiger partial charge in [0.1, 0.15) is 11.5 Å². The van der Waals surface area contributed by atoms with Crippen LogP contribution in [0.2, 0.25) is 0 Å². The third-order valence-electron chi connectivity index (χ3n) is 3.14. The number of carbonyl (C=O) groups excluding carboxylic acids is 1. The van der Waals surface area contributed by atoms with Gasteiger partial charge in [-0.25, -0.2) is 4.79 Å². The second-order valence-electron chi connectivity index (χ2n) is 4.75. The van der Waals surface area contributed by atoms with E-state index < -0.39 is 5.97 Å². The molecule has 0 bridgehead atoms. The first kappa shape index (κ1) is 16.5. The van der Waals surface area contributed by atoms with Gasteiger partial charge in [-0.1, -0.05) is 42.5 Å². The maximum Gasteiger partial charge on any atom is 0.354 e. The molecular formula is C18H20N2O3. The van der Waals surface area contributed by atoms with Crippen LogP contribution >= 0.6 is 0 Å². The molecule has 0 aliphatic heterocycles. The minimum atomic E-state index is -0.432. The summed E-state index contributed by atoms with van der Waals surface area (Å²) in [6.45, 7) is 2.08. The van der Waals surface area contributed by atoms with Gasteiger partial charge in [-0.15, -0.1) is 0 Å². The van der Waals surface area contributed by atoms with Gasteiger partial charge in [0, 0.05) is 6.42 Å². The van der Waals surface area contributed by atoms with E-state index in [0.29, 0.717) is 30.2 Å². The number of nitrogens with one attached hydrogen (secondary N) is 1. The summed E-state index contributed by atoms with van der Waals surface area (Å²) in [5, 5.41) is 4.23. The molecule has 0 heterocycles. The third-order valence-corrected chi connectivity index (χ3v) is 3.14. The van der Waals surface area contributed by atoms with E-state index in [4.69, 9.17) is 9.47 Å². The number of rotatable bonds is 7. The van der Waals surface area contributed by atoms with Crippen molar-refractivity contribution in [3.63, 3.8) is 0 Å². The summed E-state index contributed by atoms with van der Waals surface area (Å²) in [5.41, 5.74) is 4.87. The van der Waals surface area contributed by atoms with Crippen molar-refractivity contribution >= 4 is 17.4 Å². The maximum atomic E-state index is 12.1. The zero-order valence-electron chi connectivity index (χ0n) is 13.3. The molecule has 0 saturated heterocycles. The van der Waals surface area contributed by atoms with E-state index in [9.17, 15) is 4.79 Å². The molecule has 0 aliphatic rings. The van der Waals surface area contributed by atoms with Gasteiger partial charge in [-0.05, 0) is 24.6 Å². The molecule has 120 valence electrons. The summed E-state index contributed by atoms with van der Waals surface area (Å²) >= 11 is 0. The Kier molecular flexibility index (Phi) is 6.17. The Labute approximate surface area is 135 Å². The number of nitrogens with zero attached hydrogens (tertiary/aromatic N) is 1. The predicted octanol–water partition coefficient (Wildman–Crippen LogP) is 3.27. The van der Waals surface area contributed by atoms with Crippen molar-refractivity contribution in [3.8, 4) is 5.75 Å².